The molecule has 2 heterocycles. The minimum atomic E-state index is -4.85. The van der Waals surface area contributed by atoms with E-state index in [0.717, 1.165) is 59.2 Å². The third kappa shape index (κ3) is 5.41. The highest BCUT2D eigenvalue weighted by Crippen LogP contribution is 2.42. The van der Waals surface area contributed by atoms with Crippen LogP contribution in [0.25, 0.3) is 49.7 Å². The maximum atomic E-state index is 14.2. The summed E-state index contributed by atoms with van der Waals surface area (Å²) in [5, 5.41) is 0.110. The van der Waals surface area contributed by atoms with Gasteiger partial charge in [-0.2, -0.15) is 39.5 Å². The predicted molar refractivity (Wildman–Crippen MR) is 151 cm³/mol. The number of halogens is 9. The first-order chi connectivity index (χ1) is 21.1. The van der Waals surface area contributed by atoms with E-state index in [2.05, 4.69) is 4.98 Å². The van der Waals surface area contributed by atoms with E-state index in [9.17, 15) is 44.3 Å². The quantitative estimate of drug-likeness (QED) is 0.183. The molecule has 0 bridgehead atoms. The largest absolute Gasteiger partial charge is 0.416 e. The van der Waals surface area contributed by atoms with Crippen LogP contribution in [0, 0.1) is 0 Å². The van der Waals surface area contributed by atoms with Gasteiger partial charge >= 0.3 is 18.5 Å². The molecule has 6 rings (SSSR count). The summed E-state index contributed by atoms with van der Waals surface area (Å²) in [5.74, 6) is 0. The molecular formula is C33H17F9N2O. The van der Waals surface area contributed by atoms with E-state index < -0.39 is 40.8 Å². The lowest BCUT2D eigenvalue weighted by Crippen LogP contribution is -2.22. The average molecular weight is 628 g/mol. The molecular weight excluding hydrogens is 611 g/mol. The summed E-state index contributed by atoms with van der Waals surface area (Å²) in [6, 6.07) is 17.7. The van der Waals surface area contributed by atoms with Crippen LogP contribution in [0.2, 0.25) is 0 Å². The van der Waals surface area contributed by atoms with E-state index in [4.69, 9.17) is 0 Å². The van der Waals surface area contributed by atoms with Crippen LogP contribution in [0.1, 0.15) is 16.7 Å². The van der Waals surface area contributed by atoms with Gasteiger partial charge in [0.15, 0.2) is 0 Å². The molecule has 0 saturated heterocycles. The first kappa shape index (κ1) is 29.9. The standard InChI is InChI=1S/C33H17F9N2O/c34-31(35,36)21-10-6-18(7-11-21)27-25-17-23(33(40,41)42)14-15-24(25)30(45)44(26-5-1-3-19-4-2-16-43-28(19)26)29(27)20-8-12-22(13-9-20)32(37,38)39/h1-17H. The Morgan fingerprint density at radius 1 is 0.556 bits per heavy atom. The molecule has 0 amide bonds. The zero-order valence-corrected chi connectivity index (χ0v) is 22.5. The fourth-order valence-corrected chi connectivity index (χ4v) is 5.28. The second-order valence-electron chi connectivity index (χ2n) is 10.1. The number of para-hydroxylation sites is 1. The van der Waals surface area contributed by atoms with Gasteiger partial charge in [-0.15, -0.1) is 0 Å². The lowest BCUT2D eigenvalue weighted by molar-refractivity contribution is -0.138. The van der Waals surface area contributed by atoms with E-state index in [1.54, 1.807) is 24.3 Å². The third-order valence-electron chi connectivity index (χ3n) is 7.35. The highest BCUT2D eigenvalue weighted by molar-refractivity contribution is 6.04. The van der Waals surface area contributed by atoms with Crippen molar-refractivity contribution in [2.45, 2.75) is 18.5 Å². The summed E-state index contributed by atoms with van der Waals surface area (Å²) < 4.78 is 124. The molecule has 0 aliphatic heterocycles. The van der Waals surface area contributed by atoms with Crippen molar-refractivity contribution < 1.29 is 39.5 Å². The van der Waals surface area contributed by atoms with Crippen LogP contribution in [0.15, 0.2) is 108 Å². The zero-order chi connectivity index (χ0) is 32.3. The summed E-state index contributed by atoms with van der Waals surface area (Å²) in [5.41, 5.74) is -3.82. The summed E-state index contributed by atoms with van der Waals surface area (Å²) in [4.78, 5) is 18.6. The van der Waals surface area contributed by atoms with Gasteiger partial charge in [-0.1, -0.05) is 42.5 Å². The van der Waals surface area contributed by atoms with E-state index >= 15 is 0 Å². The molecule has 3 nitrogen and oxygen atoms in total. The molecule has 0 saturated carbocycles. The number of fused-ring (bicyclic) bond motifs is 2. The van der Waals surface area contributed by atoms with Crippen LogP contribution in [0.4, 0.5) is 39.5 Å². The molecule has 0 N–H and O–H groups in total. The summed E-state index contributed by atoms with van der Waals surface area (Å²) >= 11 is 0. The molecule has 0 atom stereocenters. The van der Waals surface area contributed by atoms with Crippen molar-refractivity contribution in [3.05, 3.63) is 130 Å². The van der Waals surface area contributed by atoms with Crippen LogP contribution in [-0.4, -0.2) is 9.55 Å². The number of aromatic nitrogens is 2. The van der Waals surface area contributed by atoms with Crippen LogP contribution in [0.3, 0.4) is 0 Å². The van der Waals surface area contributed by atoms with Gasteiger partial charge in [0.25, 0.3) is 5.56 Å². The van der Waals surface area contributed by atoms with Crippen molar-refractivity contribution in [2.24, 2.45) is 0 Å². The molecule has 4 aromatic carbocycles. The summed E-state index contributed by atoms with van der Waals surface area (Å²) in [6.07, 6.45) is -12.9. The van der Waals surface area contributed by atoms with Gasteiger partial charge < -0.3 is 0 Å². The molecule has 0 aliphatic carbocycles. The Bertz CT molecular complexity index is 2120. The lowest BCUT2D eigenvalue weighted by Gasteiger charge is -2.22. The van der Waals surface area contributed by atoms with Gasteiger partial charge in [-0.3, -0.25) is 14.3 Å². The number of rotatable bonds is 3. The molecule has 0 fully saturated rings. The van der Waals surface area contributed by atoms with Crippen LogP contribution < -0.4 is 5.56 Å². The first-order valence-corrected chi connectivity index (χ1v) is 13.1. The fourth-order valence-electron chi connectivity index (χ4n) is 5.28. The van der Waals surface area contributed by atoms with Crippen LogP contribution in [0.5, 0.6) is 0 Å². The number of alkyl halides is 9. The maximum absolute atomic E-state index is 14.2. The third-order valence-corrected chi connectivity index (χ3v) is 7.35. The number of hydrogen-bond acceptors (Lipinski definition) is 2. The van der Waals surface area contributed by atoms with E-state index in [0.29, 0.717) is 23.0 Å². The van der Waals surface area contributed by atoms with Crippen molar-refractivity contribution in [3.63, 3.8) is 0 Å². The van der Waals surface area contributed by atoms with Gasteiger partial charge in [0.1, 0.15) is 0 Å². The maximum Gasteiger partial charge on any atom is 0.416 e. The highest BCUT2D eigenvalue weighted by Gasteiger charge is 2.34. The SMILES string of the molecule is O=c1c2ccc(C(F)(F)F)cc2c(-c2ccc(C(F)(F)F)cc2)c(-c2ccc(C(F)(F)F)cc2)n1-c1cccc2cccnc12. The summed E-state index contributed by atoms with van der Waals surface area (Å²) in [6.45, 7) is 0. The van der Waals surface area contributed by atoms with Gasteiger partial charge in [0.2, 0.25) is 0 Å². The first-order valence-electron chi connectivity index (χ1n) is 13.1. The van der Waals surface area contributed by atoms with Crippen LogP contribution >= 0.6 is 0 Å². The van der Waals surface area contributed by atoms with Gasteiger partial charge in [0.05, 0.1) is 33.6 Å². The van der Waals surface area contributed by atoms with E-state index in [-0.39, 0.29) is 38.8 Å². The van der Waals surface area contributed by atoms with Crippen LogP contribution in [-0.2, 0) is 18.5 Å². The topological polar surface area (TPSA) is 34.9 Å². The molecule has 45 heavy (non-hydrogen) atoms. The van der Waals surface area contributed by atoms with E-state index in [1.165, 1.54) is 12.3 Å². The molecule has 0 spiro atoms. The molecule has 2 aromatic heterocycles. The van der Waals surface area contributed by atoms with Crippen molar-refractivity contribution >= 4 is 21.7 Å². The highest BCUT2D eigenvalue weighted by atomic mass is 19.4. The Morgan fingerprint density at radius 2 is 1.09 bits per heavy atom. The lowest BCUT2D eigenvalue weighted by atomic mass is 9.91. The van der Waals surface area contributed by atoms with E-state index in [1.807, 2.05) is 0 Å². The number of pyridine rings is 2. The molecule has 12 heteroatoms. The van der Waals surface area contributed by atoms with Gasteiger partial charge in [-0.25, -0.2) is 0 Å². The number of hydrogen-bond donors (Lipinski definition) is 0. The van der Waals surface area contributed by atoms with Crippen molar-refractivity contribution in [2.75, 3.05) is 0 Å². The normalized spacial score (nSPS) is 12.6. The average Bonchev–Trinajstić information content (AvgIpc) is 2.99. The minimum absolute atomic E-state index is 0.0100. The molecule has 228 valence electrons. The van der Waals surface area contributed by atoms with Gasteiger partial charge in [0, 0.05) is 22.5 Å². The smallest absolute Gasteiger partial charge is 0.274 e. The predicted octanol–water partition coefficient (Wildman–Crippen LogP) is 9.93. The summed E-state index contributed by atoms with van der Waals surface area (Å²) in [7, 11) is 0. The molecule has 0 unspecified atom stereocenters. The Morgan fingerprint density at radius 3 is 1.67 bits per heavy atom. The molecule has 0 radical (unpaired) electrons. The Kier molecular flexibility index (Phi) is 6.98. The van der Waals surface area contributed by atoms with Crippen molar-refractivity contribution in [1.29, 1.82) is 0 Å². The minimum Gasteiger partial charge on any atom is -0.274 e. The number of nitrogens with zero attached hydrogens (tertiary/aromatic N) is 2. The van der Waals surface area contributed by atoms with Crippen molar-refractivity contribution in [1.82, 2.24) is 9.55 Å². The van der Waals surface area contributed by atoms with Crippen molar-refractivity contribution in [3.8, 4) is 28.1 Å². The Hall–Kier alpha value is -5.13. The number of benzene rings is 4. The van der Waals surface area contributed by atoms with Gasteiger partial charge in [-0.05, 0) is 71.1 Å². The second kappa shape index (κ2) is 10.5. The Labute approximate surface area is 247 Å². The molecule has 6 aromatic rings. The fraction of sp³-hybridized carbons (Fsp3) is 0.0909. The molecule has 0 aliphatic rings. The second-order valence-corrected chi connectivity index (χ2v) is 10.1. The Balaban J connectivity index is 1.82. The zero-order valence-electron chi connectivity index (χ0n) is 22.5. The monoisotopic (exact) mass is 628 g/mol.